The zero-order chi connectivity index (χ0) is 13.5. The van der Waals surface area contributed by atoms with Crippen LogP contribution in [0.2, 0.25) is 0 Å². The summed E-state index contributed by atoms with van der Waals surface area (Å²) >= 11 is 0. The molecule has 1 aromatic carbocycles. The van der Waals surface area contributed by atoms with Gasteiger partial charge in [-0.3, -0.25) is 0 Å². The Morgan fingerprint density at radius 2 is 2.11 bits per heavy atom. The highest BCUT2D eigenvalue weighted by Crippen LogP contribution is 2.15. The van der Waals surface area contributed by atoms with Gasteiger partial charge in [0.25, 0.3) is 0 Å². The summed E-state index contributed by atoms with van der Waals surface area (Å²) in [6, 6.07) is 8.31. The standard InChI is InChI=1S/C14H22N2O2.ClH/c1-11(16(3)4)8-9-12-6-5-7-13(10-12)18-14(17)15-2;/h5-7,10-11H,8-9H2,1-4H3,(H,15,17);1H. The van der Waals surface area contributed by atoms with Crippen molar-refractivity contribution in [1.82, 2.24) is 5.32 Å². The summed E-state index contributed by atoms with van der Waals surface area (Å²) in [5, 5.41) is 2.43. The minimum Gasteiger partial charge on any atom is -1.00 e. The highest BCUT2D eigenvalue weighted by atomic mass is 35.5. The fourth-order valence-electron chi connectivity index (χ4n) is 1.59. The van der Waals surface area contributed by atoms with Gasteiger partial charge < -0.3 is 27.4 Å². The Bertz CT molecular complexity index is 397. The van der Waals surface area contributed by atoms with E-state index in [1.807, 2.05) is 12.1 Å². The van der Waals surface area contributed by atoms with Gasteiger partial charge in [-0.1, -0.05) is 12.1 Å². The van der Waals surface area contributed by atoms with Gasteiger partial charge in [0.1, 0.15) is 5.75 Å². The van der Waals surface area contributed by atoms with Gasteiger partial charge in [0, 0.05) is 13.5 Å². The van der Waals surface area contributed by atoms with Crippen LogP contribution in [0.4, 0.5) is 4.79 Å². The van der Waals surface area contributed by atoms with Crippen LogP contribution >= 0.6 is 0 Å². The highest BCUT2D eigenvalue weighted by molar-refractivity contribution is 5.69. The lowest BCUT2D eigenvalue weighted by Crippen LogP contribution is -3.09. The maximum absolute atomic E-state index is 11.1. The maximum Gasteiger partial charge on any atom is 0.412 e. The van der Waals surface area contributed by atoms with Gasteiger partial charge in [-0.15, -0.1) is 0 Å². The van der Waals surface area contributed by atoms with Crippen molar-refractivity contribution in [3.05, 3.63) is 29.8 Å². The van der Waals surface area contributed by atoms with Crippen LogP contribution in [-0.2, 0) is 6.42 Å². The number of benzene rings is 1. The minimum absolute atomic E-state index is 0. The molecule has 0 heterocycles. The molecule has 0 bridgehead atoms. The van der Waals surface area contributed by atoms with Gasteiger partial charge in [-0.25, -0.2) is 4.79 Å². The molecule has 4 nitrogen and oxygen atoms in total. The van der Waals surface area contributed by atoms with E-state index in [2.05, 4.69) is 32.4 Å². The van der Waals surface area contributed by atoms with Gasteiger partial charge in [-0.05, 0) is 31.0 Å². The Morgan fingerprint density at radius 3 is 2.68 bits per heavy atom. The number of halogens is 1. The first-order chi connectivity index (χ1) is 8.52. The van der Waals surface area contributed by atoms with Crippen LogP contribution in [0.15, 0.2) is 24.3 Å². The van der Waals surface area contributed by atoms with Crippen LogP contribution in [0.5, 0.6) is 5.75 Å². The molecule has 1 aromatic rings. The van der Waals surface area contributed by atoms with Gasteiger partial charge in [-0.2, -0.15) is 0 Å². The van der Waals surface area contributed by atoms with Crippen LogP contribution in [0.25, 0.3) is 0 Å². The van der Waals surface area contributed by atoms with E-state index in [0.717, 1.165) is 12.8 Å². The van der Waals surface area contributed by atoms with Crippen molar-refractivity contribution in [3.63, 3.8) is 0 Å². The third-order valence-corrected chi connectivity index (χ3v) is 3.16. The van der Waals surface area contributed by atoms with Crippen LogP contribution in [0, 0.1) is 0 Å². The molecular formula is C14H23ClN2O2. The van der Waals surface area contributed by atoms with E-state index in [4.69, 9.17) is 4.74 Å². The molecule has 108 valence electrons. The number of quaternary nitrogens is 1. The van der Waals surface area contributed by atoms with E-state index < -0.39 is 6.09 Å². The average Bonchev–Trinajstić information content (AvgIpc) is 2.36. The average molecular weight is 287 g/mol. The van der Waals surface area contributed by atoms with Crippen molar-refractivity contribution in [2.45, 2.75) is 25.8 Å². The van der Waals surface area contributed by atoms with E-state index in [1.165, 1.54) is 10.5 Å². The number of nitrogens with one attached hydrogen (secondary N) is 2. The number of rotatable bonds is 5. The molecule has 0 radical (unpaired) electrons. The predicted octanol–water partition coefficient (Wildman–Crippen LogP) is -2.13. The second-order valence-electron chi connectivity index (χ2n) is 4.80. The van der Waals surface area contributed by atoms with Crippen LogP contribution in [-0.4, -0.2) is 33.3 Å². The molecule has 1 rings (SSSR count). The summed E-state index contributed by atoms with van der Waals surface area (Å²) in [6.07, 6.45) is 1.68. The molecule has 1 unspecified atom stereocenters. The molecule has 0 aromatic heterocycles. The Labute approximate surface area is 121 Å². The number of carbonyl (C=O) groups is 1. The number of hydrogen-bond donors (Lipinski definition) is 2. The second kappa shape index (κ2) is 8.77. The molecule has 0 aliphatic rings. The largest absolute Gasteiger partial charge is 1.00 e. The molecule has 0 fully saturated rings. The topological polar surface area (TPSA) is 42.8 Å². The summed E-state index contributed by atoms with van der Waals surface area (Å²) in [5.74, 6) is 0.594. The molecule has 0 saturated carbocycles. The first-order valence-electron chi connectivity index (χ1n) is 6.31. The fourth-order valence-corrected chi connectivity index (χ4v) is 1.59. The zero-order valence-corrected chi connectivity index (χ0v) is 12.8. The monoisotopic (exact) mass is 286 g/mol. The van der Waals surface area contributed by atoms with E-state index in [-0.39, 0.29) is 12.4 Å². The summed E-state index contributed by atoms with van der Waals surface area (Å²) in [4.78, 5) is 12.6. The lowest BCUT2D eigenvalue weighted by atomic mass is 10.1. The molecule has 19 heavy (non-hydrogen) atoms. The molecule has 5 heteroatoms. The van der Waals surface area contributed by atoms with E-state index in [1.54, 1.807) is 13.1 Å². The molecule has 2 N–H and O–H groups in total. The van der Waals surface area contributed by atoms with Crippen molar-refractivity contribution in [1.29, 1.82) is 0 Å². The van der Waals surface area contributed by atoms with Crippen molar-refractivity contribution >= 4 is 6.09 Å². The van der Waals surface area contributed by atoms with Crippen LogP contribution in [0.1, 0.15) is 18.9 Å². The maximum atomic E-state index is 11.1. The van der Waals surface area contributed by atoms with Crippen LogP contribution in [0.3, 0.4) is 0 Å². The summed E-state index contributed by atoms with van der Waals surface area (Å²) in [7, 11) is 5.87. The molecule has 1 atom stereocenters. The van der Waals surface area contributed by atoms with Crippen molar-refractivity contribution in [2.24, 2.45) is 0 Å². The van der Waals surface area contributed by atoms with Crippen molar-refractivity contribution < 1.29 is 26.8 Å². The van der Waals surface area contributed by atoms with Crippen molar-refractivity contribution in [2.75, 3.05) is 21.1 Å². The Balaban J connectivity index is 0.00000324. The third-order valence-electron chi connectivity index (χ3n) is 3.16. The van der Waals surface area contributed by atoms with E-state index >= 15 is 0 Å². The minimum atomic E-state index is -0.432. The number of ether oxygens (including phenoxy) is 1. The highest BCUT2D eigenvalue weighted by Gasteiger charge is 2.08. The lowest BCUT2D eigenvalue weighted by Gasteiger charge is -2.16. The molecule has 0 saturated heterocycles. The number of carbonyl (C=O) groups excluding carboxylic acids is 1. The predicted molar refractivity (Wildman–Crippen MR) is 72.1 cm³/mol. The fraction of sp³-hybridized carbons (Fsp3) is 0.500. The smallest absolute Gasteiger partial charge is 0.412 e. The molecular weight excluding hydrogens is 264 g/mol. The quantitative estimate of drug-likeness (QED) is 0.650. The lowest BCUT2D eigenvalue weighted by molar-refractivity contribution is -0.883. The first-order valence-corrected chi connectivity index (χ1v) is 6.31. The number of amides is 1. The summed E-state index contributed by atoms with van der Waals surface area (Å²) in [5.41, 5.74) is 1.20. The molecule has 1 amide bonds. The van der Waals surface area contributed by atoms with Crippen molar-refractivity contribution in [3.8, 4) is 5.75 Å². The summed E-state index contributed by atoms with van der Waals surface area (Å²) in [6.45, 7) is 2.24. The molecule has 0 aliphatic carbocycles. The Hall–Kier alpha value is -1.26. The van der Waals surface area contributed by atoms with Gasteiger partial charge >= 0.3 is 6.09 Å². The number of hydrogen-bond acceptors (Lipinski definition) is 2. The zero-order valence-electron chi connectivity index (χ0n) is 12.0. The third kappa shape index (κ3) is 6.45. The normalized spacial score (nSPS) is 11.6. The Morgan fingerprint density at radius 1 is 1.42 bits per heavy atom. The first kappa shape index (κ1) is 17.7. The van der Waals surface area contributed by atoms with Crippen LogP contribution < -0.4 is 27.4 Å². The number of aryl methyl sites for hydroxylation is 1. The van der Waals surface area contributed by atoms with Gasteiger partial charge in [0.05, 0.1) is 20.1 Å². The van der Waals surface area contributed by atoms with Gasteiger partial charge in [0.2, 0.25) is 0 Å². The SMILES string of the molecule is CNC(=O)Oc1cccc(CCC(C)[NH+](C)C)c1.[Cl-]. The Kier molecular flexibility index (Phi) is 8.19. The molecule has 0 aliphatic heterocycles. The van der Waals surface area contributed by atoms with E-state index in [0.29, 0.717) is 11.8 Å². The van der Waals surface area contributed by atoms with E-state index in [9.17, 15) is 4.79 Å². The van der Waals surface area contributed by atoms with Gasteiger partial charge in [0.15, 0.2) is 0 Å². The molecule has 0 spiro atoms. The second-order valence-corrected chi connectivity index (χ2v) is 4.80. The summed E-state index contributed by atoms with van der Waals surface area (Å²) < 4.78 is 5.10.